The standard InChI is InChI=1S/C12H26.C4H4O4/c1-3-5-7-9-11-12-10-8-6-4-2;5-3(6)1-2-4(7)8/h3-12H2,1-2H3;1-2H,(H,5,6)(H,7,8)/b;2-1+. The van der Waals surface area contributed by atoms with Crippen molar-refractivity contribution in [3.05, 3.63) is 12.2 Å². The van der Waals surface area contributed by atoms with E-state index in [0.29, 0.717) is 12.2 Å². The highest BCUT2D eigenvalue weighted by atomic mass is 16.4. The molecule has 0 bridgehead atoms. The molecule has 0 spiro atoms. The van der Waals surface area contributed by atoms with Gasteiger partial charge in [-0.15, -0.1) is 0 Å². The molecule has 0 radical (unpaired) electrons. The van der Waals surface area contributed by atoms with Crippen LogP contribution in [0.4, 0.5) is 0 Å². The molecule has 0 aromatic heterocycles. The summed E-state index contributed by atoms with van der Waals surface area (Å²) in [6.07, 6.45) is 15.6. The van der Waals surface area contributed by atoms with E-state index in [1.54, 1.807) is 0 Å². The Morgan fingerprint density at radius 3 is 1.10 bits per heavy atom. The van der Waals surface area contributed by atoms with Crippen LogP contribution in [0.15, 0.2) is 12.2 Å². The fraction of sp³-hybridized carbons (Fsp3) is 0.750. The van der Waals surface area contributed by atoms with E-state index in [4.69, 9.17) is 10.2 Å². The molecule has 0 heterocycles. The van der Waals surface area contributed by atoms with Crippen LogP contribution in [-0.4, -0.2) is 22.2 Å². The average Bonchev–Trinajstić information content (AvgIpc) is 2.40. The van der Waals surface area contributed by atoms with Crippen molar-refractivity contribution in [1.29, 1.82) is 0 Å². The second-order valence-corrected chi connectivity index (χ2v) is 4.84. The van der Waals surface area contributed by atoms with E-state index in [2.05, 4.69) is 13.8 Å². The van der Waals surface area contributed by atoms with Gasteiger partial charge >= 0.3 is 11.9 Å². The van der Waals surface area contributed by atoms with Crippen molar-refractivity contribution in [2.24, 2.45) is 0 Å². The number of hydrogen-bond acceptors (Lipinski definition) is 2. The first-order valence-corrected chi connectivity index (χ1v) is 7.68. The Morgan fingerprint density at radius 1 is 0.650 bits per heavy atom. The Balaban J connectivity index is 0. The first-order valence-electron chi connectivity index (χ1n) is 7.68. The molecule has 0 atom stereocenters. The van der Waals surface area contributed by atoms with Crippen molar-refractivity contribution in [3.63, 3.8) is 0 Å². The predicted molar refractivity (Wildman–Crippen MR) is 81.9 cm³/mol. The monoisotopic (exact) mass is 286 g/mol. The summed E-state index contributed by atoms with van der Waals surface area (Å²) in [5, 5.41) is 15.6. The molecule has 20 heavy (non-hydrogen) atoms. The van der Waals surface area contributed by atoms with Crippen LogP contribution in [0, 0.1) is 0 Å². The molecule has 0 unspecified atom stereocenters. The minimum Gasteiger partial charge on any atom is -0.478 e. The fourth-order valence-corrected chi connectivity index (χ4v) is 1.70. The first-order chi connectivity index (χ1) is 9.54. The van der Waals surface area contributed by atoms with Gasteiger partial charge in [-0.2, -0.15) is 0 Å². The highest BCUT2D eigenvalue weighted by Gasteiger charge is 1.90. The SMILES string of the molecule is CCCCCCCCCCCC.O=C(O)/C=C/C(=O)O. The van der Waals surface area contributed by atoms with Gasteiger partial charge in [-0.05, 0) is 0 Å². The van der Waals surface area contributed by atoms with Gasteiger partial charge in [-0.1, -0.05) is 78.1 Å². The van der Waals surface area contributed by atoms with Crippen LogP contribution in [-0.2, 0) is 9.59 Å². The van der Waals surface area contributed by atoms with Crippen molar-refractivity contribution < 1.29 is 19.8 Å². The Bertz CT molecular complexity index is 233. The first kappa shape index (κ1) is 21.0. The number of rotatable bonds is 11. The summed E-state index contributed by atoms with van der Waals surface area (Å²) in [6.45, 7) is 4.56. The van der Waals surface area contributed by atoms with Crippen LogP contribution in [0.3, 0.4) is 0 Å². The molecular formula is C16H30O4. The summed E-state index contributed by atoms with van der Waals surface area (Å²) in [4.78, 5) is 19.1. The predicted octanol–water partition coefficient (Wildman–Crippen LogP) is 4.64. The van der Waals surface area contributed by atoms with E-state index in [-0.39, 0.29) is 0 Å². The van der Waals surface area contributed by atoms with Gasteiger partial charge in [0.2, 0.25) is 0 Å². The highest BCUT2D eigenvalue weighted by molar-refractivity contribution is 5.89. The smallest absolute Gasteiger partial charge is 0.328 e. The molecule has 0 aliphatic carbocycles. The lowest BCUT2D eigenvalue weighted by atomic mass is 10.1. The minimum absolute atomic E-state index is 0.558. The second-order valence-electron chi connectivity index (χ2n) is 4.84. The van der Waals surface area contributed by atoms with Crippen molar-refractivity contribution in [2.75, 3.05) is 0 Å². The van der Waals surface area contributed by atoms with Gasteiger partial charge in [-0.3, -0.25) is 0 Å². The molecule has 2 N–H and O–H groups in total. The third-order valence-electron chi connectivity index (χ3n) is 2.83. The van der Waals surface area contributed by atoms with Gasteiger partial charge in [0.25, 0.3) is 0 Å². The lowest BCUT2D eigenvalue weighted by Gasteiger charge is -1.99. The van der Waals surface area contributed by atoms with Crippen LogP contribution in [0.1, 0.15) is 78.1 Å². The Kier molecular flexibility index (Phi) is 18.6. The molecule has 0 rings (SSSR count). The van der Waals surface area contributed by atoms with Crippen molar-refractivity contribution in [2.45, 2.75) is 78.1 Å². The van der Waals surface area contributed by atoms with Crippen molar-refractivity contribution in [3.8, 4) is 0 Å². The zero-order valence-corrected chi connectivity index (χ0v) is 12.9. The molecule has 0 fully saturated rings. The van der Waals surface area contributed by atoms with E-state index in [9.17, 15) is 9.59 Å². The maximum atomic E-state index is 9.55. The zero-order chi connectivity index (χ0) is 15.6. The van der Waals surface area contributed by atoms with Crippen molar-refractivity contribution in [1.82, 2.24) is 0 Å². The molecule has 4 nitrogen and oxygen atoms in total. The largest absolute Gasteiger partial charge is 0.478 e. The van der Waals surface area contributed by atoms with E-state index < -0.39 is 11.9 Å². The lowest BCUT2D eigenvalue weighted by Crippen LogP contribution is -1.91. The van der Waals surface area contributed by atoms with Crippen LogP contribution in [0.5, 0.6) is 0 Å². The summed E-state index contributed by atoms with van der Waals surface area (Å²) in [5.41, 5.74) is 0. The average molecular weight is 286 g/mol. The van der Waals surface area contributed by atoms with Crippen LogP contribution in [0.25, 0.3) is 0 Å². The van der Waals surface area contributed by atoms with Crippen LogP contribution in [0.2, 0.25) is 0 Å². The third kappa shape index (κ3) is 25.5. The number of hydrogen-bond donors (Lipinski definition) is 2. The molecule has 0 aromatic rings. The summed E-state index contributed by atoms with van der Waals surface area (Å²) < 4.78 is 0. The molecular weight excluding hydrogens is 256 g/mol. The summed E-state index contributed by atoms with van der Waals surface area (Å²) in [6, 6.07) is 0. The molecule has 118 valence electrons. The number of carboxylic acids is 2. The maximum absolute atomic E-state index is 9.55. The molecule has 0 aliphatic heterocycles. The number of unbranched alkanes of at least 4 members (excludes halogenated alkanes) is 9. The lowest BCUT2D eigenvalue weighted by molar-refractivity contribution is -0.134. The maximum Gasteiger partial charge on any atom is 0.328 e. The Hall–Kier alpha value is -1.32. The van der Waals surface area contributed by atoms with Crippen LogP contribution < -0.4 is 0 Å². The fourth-order valence-electron chi connectivity index (χ4n) is 1.70. The van der Waals surface area contributed by atoms with Crippen LogP contribution >= 0.6 is 0 Å². The molecule has 0 saturated carbocycles. The Morgan fingerprint density at radius 2 is 0.900 bits per heavy atom. The second kappa shape index (κ2) is 17.7. The highest BCUT2D eigenvalue weighted by Crippen LogP contribution is 2.09. The van der Waals surface area contributed by atoms with E-state index in [1.807, 2.05) is 0 Å². The van der Waals surface area contributed by atoms with Gasteiger partial charge in [-0.25, -0.2) is 9.59 Å². The number of aliphatic carboxylic acids is 2. The Labute approximate surface area is 122 Å². The number of carbonyl (C=O) groups is 2. The van der Waals surface area contributed by atoms with Gasteiger partial charge in [0.15, 0.2) is 0 Å². The van der Waals surface area contributed by atoms with Gasteiger partial charge in [0.1, 0.15) is 0 Å². The summed E-state index contributed by atoms with van der Waals surface area (Å²) >= 11 is 0. The topological polar surface area (TPSA) is 74.6 Å². The van der Waals surface area contributed by atoms with Gasteiger partial charge in [0.05, 0.1) is 0 Å². The summed E-state index contributed by atoms with van der Waals surface area (Å²) in [7, 11) is 0. The minimum atomic E-state index is -1.26. The molecule has 4 heteroatoms. The van der Waals surface area contributed by atoms with E-state index in [0.717, 1.165) is 0 Å². The van der Waals surface area contributed by atoms with Gasteiger partial charge in [0, 0.05) is 12.2 Å². The molecule has 0 aliphatic rings. The number of carboxylic acid groups (broad SMARTS) is 2. The molecule has 0 aromatic carbocycles. The van der Waals surface area contributed by atoms with Gasteiger partial charge < -0.3 is 10.2 Å². The van der Waals surface area contributed by atoms with E-state index in [1.165, 1.54) is 64.2 Å². The summed E-state index contributed by atoms with van der Waals surface area (Å²) in [5.74, 6) is -2.51. The third-order valence-corrected chi connectivity index (χ3v) is 2.83. The molecule has 0 saturated heterocycles. The zero-order valence-electron chi connectivity index (χ0n) is 12.9. The van der Waals surface area contributed by atoms with Crippen molar-refractivity contribution >= 4 is 11.9 Å². The quantitative estimate of drug-likeness (QED) is 0.428. The van der Waals surface area contributed by atoms with E-state index >= 15 is 0 Å². The normalized spacial score (nSPS) is 10.1. The molecule has 0 amide bonds.